The molecule has 2 aromatic carbocycles. The molecular formula is C16H13OS+. The number of ketones is 1. The second-order valence-electron chi connectivity index (χ2n) is 4.26. The molecule has 0 spiro atoms. The van der Waals surface area contributed by atoms with E-state index in [0.29, 0.717) is 0 Å². The Labute approximate surface area is 109 Å². The number of thiophene rings is 1. The smallest absolute Gasteiger partial charge is 0.186 e. The van der Waals surface area contributed by atoms with Gasteiger partial charge in [-0.15, -0.1) is 0 Å². The molecule has 0 aliphatic rings. The minimum Gasteiger partial charge on any atom is -0.295 e. The molecule has 3 aromatic rings. The molecule has 1 atom stereocenters. The van der Waals surface area contributed by atoms with Crippen LogP contribution in [0.4, 0.5) is 0 Å². The van der Waals surface area contributed by atoms with E-state index in [0.717, 1.165) is 5.56 Å². The van der Waals surface area contributed by atoms with Gasteiger partial charge in [0.25, 0.3) is 0 Å². The average Bonchev–Trinajstić information content (AvgIpc) is 2.82. The fraction of sp³-hybridized carbons (Fsp3) is 0.0625. The van der Waals surface area contributed by atoms with Crippen LogP contribution in [0.15, 0.2) is 60.0 Å². The van der Waals surface area contributed by atoms with Crippen LogP contribution in [-0.4, -0.2) is 5.78 Å². The first kappa shape index (κ1) is 11.2. The lowest BCUT2D eigenvalue weighted by Gasteiger charge is -1.95. The summed E-state index contributed by atoms with van der Waals surface area (Å²) in [5.41, 5.74) is 0.777. The molecule has 1 nitrogen and oxygen atoms in total. The third-order valence-corrected chi connectivity index (χ3v) is 5.09. The number of hydrogen-bond acceptors (Lipinski definition) is 1. The van der Waals surface area contributed by atoms with Crippen LogP contribution in [0.25, 0.3) is 15.0 Å². The van der Waals surface area contributed by atoms with Crippen LogP contribution in [0.3, 0.4) is 0 Å². The number of carbonyl (C=O) groups excluding carboxylic acids is 1. The second-order valence-corrected chi connectivity index (χ2v) is 6.12. The molecule has 0 saturated heterocycles. The summed E-state index contributed by atoms with van der Waals surface area (Å²) < 4.78 is 1.37. The summed E-state index contributed by atoms with van der Waals surface area (Å²) in [6.45, 7) is 1.60. The Balaban J connectivity index is 2.12. The second kappa shape index (κ2) is 4.39. The maximum atomic E-state index is 11.3. The number of benzene rings is 2. The lowest BCUT2D eigenvalue weighted by atomic mass is 10.2. The molecule has 1 unspecified atom stereocenters. The average molecular weight is 253 g/mol. The molecule has 2 heteroatoms. The molecule has 0 bridgehead atoms. The highest BCUT2D eigenvalue weighted by atomic mass is 32.2. The molecule has 0 amide bonds. The Kier molecular flexibility index (Phi) is 2.73. The number of hydrogen-bond donors (Lipinski definition) is 0. The van der Waals surface area contributed by atoms with Crippen molar-refractivity contribution in [2.45, 2.75) is 6.92 Å². The first-order valence-electron chi connectivity index (χ1n) is 5.87. The summed E-state index contributed by atoms with van der Waals surface area (Å²) in [6, 6.07) is 18.6. The molecule has 0 N–H and O–H groups in total. The summed E-state index contributed by atoms with van der Waals surface area (Å²) in [6.07, 6.45) is 0. The van der Waals surface area contributed by atoms with Crippen molar-refractivity contribution in [3.05, 3.63) is 65.5 Å². The topological polar surface area (TPSA) is 17.1 Å². The minimum atomic E-state index is 0.0210. The van der Waals surface area contributed by atoms with E-state index in [4.69, 9.17) is 0 Å². The summed E-state index contributed by atoms with van der Waals surface area (Å²) in [4.78, 5) is 12.5. The molecule has 0 aliphatic carbocycles. The van der Waals surface area contributed by atoms with E-state index < -0.39 is 0 Å². The molecule has 18 heavy (non-hydrogen) atoms. The Bertz CT molecular complexity index is 707. The van der Waals surface area contributed by atoms with Gasteiger partial charge >= 0.3 is 0 Å². The van der Waals surface area contributed by atoms with Gasteiger partial charge < -0.3 is 0 Å². The van der Waals surface area contributed by atoms with Crippen LogP contribution >= 0.6 is 10.5 Å². The first-order chi connectivity index (χ1) is 8.75. The van der Waals surface area contributed by atoms with Gasteiger partial charge in [0.2, 0.25) is 0 Å². The number of rotatable bonds is 2. The first-order valence-corrected chi connectivity index (χ1v) is 7.16. The van der Waals surface area contributed by atoms with Crippen LogP contribution in [0.2, 0.25) is 0 Å². The normalized spacial score (nSPS) is 11.7. The van der Waals surface area contributed by atoms with Crippen molar-refractivity contribution in [3.63, 3.8) is 0 Å². The lowest BCUT2D eigenvalue weighted by Crippen LogP contribution is -1.89. The molecule has 88 valence electrons. The van der Waals surface area contributed by atoms with E-state index in [2.05, 4.69) is 47.8 Å². The standard InChI is InChI=1S/C16H13OS/c1-12(17)13-6-8-15(9-7-13)18-11-10-14-4-2-3-5-16(14)18/h2-11H,1H3/q+1. The van der Waals surface area contributed by atoms with Gasteiger partial charge in [0.1, 0.15) is 5.38 Å². The van der Waals surface area contributed by atoms with E-state index >= 15 is 0 Å². The lowest BCUT2D eigenvalue weighted by molar-refractivity contribution is 0.101. The van der Waals surface area contributed by atoms with Gasteiger partial charge in [-0.25, -0.2) is 0 Å². The fourth-order valence-corrected chi connectivity index (χ4v) is 3.96. The maximum Gasteiger partial charge on any atom is 0.186 e. The Morgan fingerprint density at radius 3 is 2.39 bits per heavy atom. The van der Waals surface area contributed by atoms with Gasteiger partial charge in [0.05, 0.1) is 0 Å². The van der Waals surface area contributed by atoms with Gasteiger partial charge in [0, 0.05) is 27.5 Å². The Morgan fingerprint density at radius 1 is 0.944 bits per heavy atom. The van der Waals surface area contributed by atoms with Crippen LogP contribution < -0.4 is 0 Å². The van der Waals surface area contributed by atoms with Crippen molar-refractivity contribution in [3.8, 4) is 4.90 Å². The van der Waals surface area contributed by atoms with Gasteiger partial charge in [0.15, 0.2) is 15.4 Å². The minimum absolute atomic E-state index is 0.0210. The summed E-state index contributed by atoms with van der Waals surface area (Å²) in [7, 11) is 0.0210. The molecule has 0 radical (unpaired) electrons. The van der Waals surface area contributed by atoms with E-state index in [1.54, 1.807) is 6.92 Å². The predicted molar refractivity (Wildman–Crippen MR) is 77.8 cm³/mol. The third kappa shape index (κ3) is 1.85. The molecule has 1 aromatic heterocycles. The van der Waals surface area contributed by atoms with Crippen LogP contribution in [-0.2, 0) is 0 Å². The third-order valence-electron chi connectivity index (χ3n) is 3.05. The van der Waals surface area contributed by atoms with E-state index in [9.17, 15) is 4.79 Å². The molecule has 0 saturated carbocycles. The molecular weight excluding hydrogens is 240 g/mol. The highest BCUT2D eigenvalue weighted by Gasteiger charge is 2.14. The zero-order chi connectivity index (χ0) is 12.5. The predicted octanol–water partition coefficient (Wildman–Crippen LogP) is 4.78. The van der Waals surface area contributed by atoms with Gasteiger partial charge in [-0.05, 0) is 43.3 Å². The number of carbonyl (C=O) groups is 1. The molecule has 0 aliphatic heterocycles. The van der Waals surface area contributed by atoms with Crippen molar-refractivity contribution >= 4 is 26.3 Å². The number of fused-ring (bicyclic) bond motifs is 1. The van der Waals surface area contributed by atoms with E-state index in [1.165, 1.54) is 15.0 Å². The van der Waals surface area contributed by atoms with Crippen molar-refractivity contribution < 1.29 is 4.79 Å². The zero-order valence-electron chi connectivity index (χ0n) is 10.1. The monoisotopic (exact) mass is 253 g/mol. The SMILES string of the molecule is CC(=O)c1ccc(-[s+]2ccc3ccccc32)cc1. The van der Waals surface area contributed by atoms with Crippen molar-refractivity contribution in [2.75, 3.05) is 0 Å². The van der Waals surface area contributed by atoms with Crippen molar-refractivity contribution in [1.82, 2.24) is 0 Å². The summed E-state index contributed by atoms with van der Waals surface area (Å²) >= 11 is 0. The summed E-state index contributed by atoms with van der Waals surface area (Å²) in [5, 5.41) is 3.55. The highest BCUT2D eigenvalue weighted by molar-refractivity contribution is 7.43. The van der Waals surface area contributed by atoms with E-state index in [-0.39, 0.29) is 16.3 Å². The van der Waals surface area contributed by atoms with Crippen LogP contribution in [0.1, 0.15) is 17.3 Å². The fourth-order valence-electron chi connectivity index (χ4n) is 2.07. The highest BCUT2D eigenvalue weighted by Crippen LogP contribution is 2.39. The van der Waals surface area contributed by atoms with Gasteiger partial charge in [-0.2, -0.15) is 0 Å². The van der Waals surface area contributed by atoms with Gasteiger partial charge in [-0.3, -0.25) is 4.79 Å². The van der Waals surface area contributed by atoms with Crippen LogP contribution in [0.5, 0.6) is 0 Å². The van der Waals surface area contributed by atoms with Crippen LogP contribution in [0, 0.1) is 0 Å². The van der Waals surface area contributed by atoms with Crippen molar-refractivity contribution in [2.24, 2.45) is 0 Å². The zero-order valence-corrected chi connectivity index (χ0v) is 10.9. The quantitative estimate of drug-likeness (QED) is 0.474. The Hall–Kier alpha value is -1.93. The molecule has 3 rings (SSSR count). The summed E-state index contributed by atoms with van der Waals surface area (Å²) in [5.74, 6) is 0.118. The van der Waals surface area contributed by atoms with E-state index in [1.807, 2.05) is 12.1 Å². The van der Waals surface area contributed by atoms with Crippen molar-refractivity contribution in [1.29, 1.82) is 0 Å². The largest absolute Gasteiger partial charge is 0.295 e. The molecule has 0 fully saturated rings. The maximum absolute atomic E-state index is 11.3. The molecule has 1 heterocycles. The number of Topliss-reactive ketones (excluding diaryl/α,β-unsaturated/α-hetero) is 1. The van der Waals surface area contributed by atoms with Gasteiger partial charge in [-0.1, -0.05) is 12.1 Å². The Morgan fingerprint density at radius 2 is 1.67 bits per heavy atom.